The summed E-state index contributed by atoms with van der Waals surface area (Å²) in [4.78, 5) is 4.91. The van der Waals surface area contributed by atoms with E-state index in [1.54, 1.807) is 0 Å². The molecule has 164 valence electrons. The number of benzene rings is 1. The van der Waals surface area contributed by atoms with E-state index in [9.17, 15) is 0 Å². The number of rotatable bonds is 7. The predicted molar refractivity (Wildman–Crippen MR) is 123 cm³/mol. The highest BCUT2D eigenvalue weighted by atomic mass is 16.5. The topological polar surface area (TPSA) is 63.5 Å². The summed E-state index contributed by atoms with van der Waals surface area (Å²) >= 11 is 0. The SMILES string of the molecule is CCNC(=NCC1CCCOC1c1ccc(C)cc1)NCCc1c(C)nn(C)c1C. The van der Waals surface area contributed by atoms with E-state index in [0.29, 0.717) is 5.92 Å². The number of hydrogen-bond acceptors (Lipinski definition) is 3. The number of aliphatic imine (C=N–C) groups is 1. The van der Waals surface area contributed by atoms with Crippen molar-refractivity contribution < 1.29 is 4.74 Å². The van der Waals surface area contributed by atoms with E-state index in [0.717, 1.165) is 57.2 Å². The van der Waals surface area contributed by atoms with Crippen LogP contribution >= 0.6 is 0 Å². The molecule has 6 heteroatoms. The molecular weight excluding hydrogens is 374 g/mol. The van der Waals surface area contributed by atoms with Gasteiger partial charge in [-0.05, 0) is 58.1 Å². The Kier molecular flexibility index (Phi) is 7.91. The Labute approximate surface area is 181 Å². The third kappa shape index (κ3) is 5.63. The number of nitrogens with zero attached hydrogens (tertiary/aromatic N) is 3. The fraction of sp³-hybridized carbons (Fsp3) is 0.583. The molecule has 2 N–H and O–H groups in total. The van der Waals surface area contributed by atoms with Crippen molar-refractivity contribution in [1.29, 1.82) is 0 Å². The first-order valence-electron chi connectivity index (χ1n) is 11.2. The van der Waals surface area contributed by atoms with Crippen molar-refractivity contribution in [2.45, 2.75) is 53.1 Å². The van der Waals surface area contributed by atoms with E-state index in [2.05, 4.69) is 67.7 Å². The lowest BCUT2D eigenvalue weighted by molar-refractivity contribution is -0.0250. The molecule has 1 fully saturated rings. The molecule has 0 aliphatic carbocycles. The lowest BCUT2D eigenvalue weighted by atomic mass is 9.89. The number of hydrogen-bond donors (Lipinski definition) is 2. The van der Waals surface area contributed by atoms with Crippen LogP contribution in [0.4, 0.5) is 0 Å². The van der Waals surface area contributed by atoms with Gasteiger partial charge in [0.1, 0.15) is 0 Å². The van der Waals surface area contributed by atoms with Gasteiger partial charge in [-0.1, -0.05) is 29.8 Å². The summed E-state index contributed by atoms with van der Waals surface area (Å²) in [5.74, 6) is 1.28. The zero-order valence-corrected chi connectivity index (χ0v) is 19.2. The van der Waals surface area contributed by atoms with Gasteiger partial charge in [-0.2, -0.15) is 5.10 Å². The molecule has 1 aromatic heterocycles. The predicted octanol–water partition coefficient (Wildman–Crippen LogP) is 3.61. The molecule has 2 unspecified atom stereocenters. The lowest BCUT2D eigenvalue weighted by Gasteiger charge is -2.31. The summed E-state index contributed by atoms with van der Waals surface area (Å²) in [6, 6.07) is 8.73. The molecule has 1 saturated heterocycles. The molecule has 3 rings (SSSR count). The molecule has 30 heavy (non-hydrogen) atoms. The summed E-state index contributed by atoms with van der Waals surface area (Å²) in [6.45, 7) is 11.7. The maximum Gasteiger partial charge on any atom is 0.191 e. The Bertz CT molecular complexity index is 840. The van der Waals surface area contributed by atoms with Gasteiger partial charge in [0, 0.05) is 44.9 Å². The summed E-state index contributed by atoms with van der Waals surface area (Å²) in [6.07, 6.45) is 3.32. The molecule has 0 bridgehead atoms. The van der Waals surface area contributed by atoms with E-state index < -0.39 is 0 Å². The molecule has 0 radical (unpaired) electrons. The van der Waals surface area contributed by atoms with Crippen LogP contribution < -0.4 is 10.6 Å². The van der Waals surface area contributed by atoms with Gasteiger partial charge >= 0.3 is 0 Å². The average Bonchev–Trinajstić information content (AvgIpc) is 2.98. The molecular formula is C24H37N5O. The van der Waals surface area contributed by atoms with Gasteiger partial charge < -0.3 is 15.4 Å². The van der Waals surface area contributed by atoms with Gasteiger partial charge in [0.2, 0.25) is 0 Å². The van der Waals surface area contributed by atoms with Gasteiger partial charge in [-0.15, -0.1) is 0 Å². The Morgan fingerprint density at radius 2 is 1.97 bits per heavy atom. The van der Waals surface area contributed by atoms with Crippen LogP contribution in [0.1, 0.15) is 53.9 Å². The van der Waals surface area contributed by atoms with Crippen LogP contribution in [0.5, 0.6) is 0 Å². The van der Waals surface area contributed by atoms with Crippen LogP contribution in [0.25, 0.3) is 0 Å². The molecule has 1 aliphatic rings. The maximum atomic E-state index is 6.16. The van der Waals surface area contributed by atoms with Crippen molar-refractivity contribution in [3.05, 3.63) is 52.3 Å². The van der Waals surface area contributed by atoms with E-state index in [1.807, 2.05) is 11.7 Å². The highest BCUT2D eigenvalue weighted by Gasteiger charge is 2.27. The third-order valence-corrected chi connectivity index (χ3v) is 6.01. The minimum Gasteiger partial charge on any atom is -0.373 e. The largest absolute Gasteiger partial charge is 0.373 e. The third-order valence-electron chi connectivity index (χ3n) is 6.01. The molecule has 0 spiro atoms. The van der Waals surface area contributed by atoms with Crippen molar-refractivity contribution in [3.8, 4) is 0 Å². The van der Waals surface area contributed by atoms with E-state index in [-0.39, 0.29) is 6.10 Å². The summed E-state index contributed by atoms with van der Waals surface area (Å²) in [5, 5.41) is 11.4. The first kappa shape index (κ1) is 22.3. The summed E-state index contributed by atoms with van der Waals surface area (Å²) in [7, 11) is 2.00. The van der Waals surface area contributed by atoms with Gasteiger partial charge in [-0.25, -0.2) is 0 Å². The number of aromatic nitrogens is 2. The fourth-order valence-electron chi connectivity index (χ4n) is 4.19. The Balaban J connectivity index is 1.61. The zero-order valence-electron chi connectivity index (χ0n) is 19.2. The molecule has 2 atom stereocenters. The molecule has 2 aromatic rings. The van der Waals surface area contributed by atoms with Crippen LogP contribution in [0.2, 0.25) is 0 Å². The molecule has 1 aliphatic heterocycles. The standard InChI is InChI=1S/C24H37N5O/c1-6-25-24(26-14-13-22-18(3)28-29(5)19(22)4)27-16-21-8-7-15-30-23(21)20-11-9-17(2)10-12-20/h9-12,21,23H,6-8,13-16H2,1-5H3,(H2,25,26,27). The second kappa shape index (κ2) is 10.6. The van der Waals surface area contributed by atoms with Gasteiger partial charge in [0.15, 0.2) is 5.96 Å². The molecule has 6 nitrogen and oxygen atoms in total. The van der Waals surface area contributed by atoms with Crippen molar-refractivity contribution in [1.82, 2.24) is 20.4 Å². The Morgan fingerprint density at radius 1 is 1.20 bits per heavy atom. The Morgan fingerprint density at radius 3 is 2.63 bits per heavy atom. The van der Waals surface area contributed by atoms with Crippen molar-refractivity contribution in [2.75, 3.05) is 26.2 Å². The maximum absolute atomic E-state index is 6.16. The summed E-state index contributed by atoms with van der Waals surface area (Å²) < 4.78 is 8.11. The van der Waals surface area contributed by atoms with Crippen LogP contribution in [-0.2, 0) is 18.2 Å². The van der Waals surface area contributed by atoms with Crippen molar-refractivity contribution in [3.63, 3.8) is 0 Å². The molecule has 0 amide bonds. The van der Waals surface area contributed by atoms with Crippen LogP contribution in [-0.4, -0.2) is 42.0 Å². The molecule has 1 aromatic carbocycles. The minimum atomic E-state index is 0.131. The number of ether oxygens (including phenoxy) is 1. The first-order valence-corrected chi connectivity index (χ1v) is 11.2. The average molecular weight is 412 g/mol. The normalized spacial score (nSPS) is 19.7. The molecule has 2 heterocycles. The number of guanidine groups is 1. The van der Waals surface area contributed by atoms with Crippen molar-refractivity contribution >= 4 is 5.96 Å². The first-order chi connectivity index (χ1) is 14.5. The van der Waals surface area contributed by atoms with Crippen LogP contribution in [0.15, 0.2) is 29.3 Å². The van der Waals surface area contributed by atoms with Crippen molar-refractivity contribution in [2.24, 2.45) is 18.0 Å². The number of aryl methyl sites for hydroxylation is 3. The quantitative estimate of drug-likeness (QED) is 0.540. The van der Waals surface area contributed by atoms with E-state index in [4.69, 9.17) is 9.73 Å². The zero-order chi connectivity index (χ0) is 21.5. The second-order valence-electron chi connectivity index (χ2n) is 8.27. The minimum absolute atomic E-state index is 0.131. The van der Waals surface area contributed by atoms with Gasteiger partial charge in [0.25, 0.3) is 0 Å². The van der Waals surface area contributed by atoms with Gasteiger partial charge in [-0.3, -0.25) is 9.67 Å². The smallest absolute Gasteiger partial charge is 0.191 e. The van der Waals surface area contributed by atoms with Gasteiger partial charge in [0.05, 0.1) is 11.8 Å². The highest BCUT2D eigenvalue weighted by Crippen LogP contribution is 2.33. The lowest BCUT2D eigenvalue weighted by Crippen LogP contribution is -2.39. The van der Waals surface area contributed by atoms with Crippen LogP contribution in [0.3, 0.4) is 0 Å². The van der Waals surface area contributed by atoms with Crippen LogP contribution in [0, 0.1) is 26.7 Å². The number of nitrogens with one attached hydrogen (secondary N) is 2. The van der Waals surface area contributed by atoms with E-state index >= 15 is 0 Å². The molecule has 0 saturated carbocycles. The summed E-state index contributed by atoms with van der Waals surface area (Å²) in [5.41, 5.74) is 6.21. The van der Waals surface area contributed by atoms with E-state index in [1.165, 1.54) is 22.4 Å². The fourth-order valence-corrected chi connectivity index (χ4v) is 4.19. The monoisotopic (exact) mass is 411 g/mol. The second-order valence-corrected chi connectivity index (χ2v) is 8.27. The highest BCUT2D eigenvalue weighted by molar-refractivity contribution is 5.79. The Hall–Kier alpha value is -2.34.